The number of benzene rings is 2. The van der Waals surface area contributed by atoms with Crippen molar-refractivity contribution in [1.82, 2.24) is 14.9 Å². The molecule has 1 aliphatic heterocycles. The molecule has 2 aromatic rings. The van der Waals surface area contributed by atoms with E-state index in [1.54, 1.807) is 0 Å². The standard InChI is InChI=1S/C25H36N4O6S/c1-18(2)16-29(36(33,34)22-10-8-20(28-32)9-11-22)17-24(30)23(14-19-6-4-3-5-7-19)27-25(31)35-21-12-13-26-15-21/h3-11,18,21,23-24,26,28,30,32H,12-17H2,1-2H3,(H,27,31)/t21-,23+,24-/m1/s1. The summed E-state index contributed by atoms with van der Waals surface area (Å²) in [5.41, 5.74) is 3.21. The maximum Gasteiger partial charge on any atom is 0.407 e. The minimum absolute atomic E-state index is 0.00859. The Balaban J connectivity index is 1.80. The fourth-order valence-electron chi connectivity index (χ4n) is 4.08. The third kappa shape index (κ3) is 7.90. The first-order valence-electron chi connectivity index (χ1n) is 12.1. The predicted octanol–water partition coefficient (Wildman–Crippen LogP) is 2.19. The van der Waals surface area contributed by atoms with Crippen LogP contribution in [-0.4, -0.2) is 73.6 Å². The lowest BCUT2D eigenvalue weighted by molar-refractivity contribution is 0.0756. The second kappa shape index (κ2) is 13.0. The highest BCUT2D eigenvalue weighted by atomic mass is 32.2. The van der Waals surface area contributed by atoms with Crippen molar-refractivity contribution in [1.29, 1.82) is 0 Å². The molecular weight excluding hydrogens is 484 g/mol. The van der Waals surface area contributed by atoms with Gasteiger partial charge in [-0.3, -0.25) is 10.7 Å². The molecule has 0 aromatic heterocycles. The summed E-state index contributed by atoms with van der Waals surface area (Å²) in [7, 11) is -3.96. The Morgan fingerprint density at radius 2 is 1.83 bits per heavy atom. The first-order chi connectivity index (χ1) is 17.2. The van der Waals surface area contributed by atoms with Crippen molar-refractivity contribution in [2.24, 2.45) is 5.92 Å². The summed E-state index contributed by atoms with van der Waals surface area (Å²) in [6.45, 7) is 5.08. The maximum absolute atomic E-state index is 13.4. The van der Waals surface area contributed by atoms with Crippen LogP contribution in [0, 0.1) is 5.92 Å². The summed E-state index contributed by atoms with van der Waals surface area (Å²) < 4.78 is 33.6. The quantitative estimate of drug-likeness (QED) is 0.268. The summed E-state index contributed by atoms with van der Waals surface area (Å²) in [5, 5.41) is 26.1. The molecular formula is C25H36N4O6S. The number of sulfonamides is 1. The number of amides is 1. The van der Waals surface area contributed by atoms with E-state index in [1.807, 2.05) is 49.7 Å². The van der Waals surface area contributed by atoms with Crippen molar-refractivity contribution in [2.45, 2.75) is 49.8 Å². The largest absolute Gasteiger partial charge is 0.445 e. The zero-order chi connectivity index (χ0) is 26.1. The molecule has 1 amide bonds. The third-order valence-electron chi connectivity index (χ3n) is 5.94. The normalized spacial score (nSPS) is 17.7. The Morgan fingerprint density at radius 3 is 2.42 bits per heavy atom. The van der Waals surface area contributed by atoms with E-state index >= 15 is 0 Å². The van der Waals surface area contributed by atoms with E-state index in [2.05, 4.69) is 10.6 Å². The summed E-state index contributed by atoms with van der Waals surface area (Å²) in [4.78, 5) is 12.7. The molecule has 11 heteroatoms. The minimum atomic E-state index is -3.96. The van der Waals surface area contributed by atoms with Crippen LogP contribution in [0.2, 0.25) is 0 Å². The molecule has 3 rings (SSSR count). The number of rotatable bonds is 12. The molecule has 0 bridgehead atoms. The second-order valence-electron chi connectivity index (χ2n) is 9.38. The van der Waals surface area contributed by atoms with E-state index in [-0.39, 0.29) is 30.0 Å². The maximum atomic E-state index is 13.4. The zero-order valence-corrected chi connectivity index (χ0v) is 21.4. The number of hydrogen-bond donors (Lipinski definition) is 5. The molecule has 5 N–H and O–H groups in total. The van der Waals surface area contributed by atoms with Gasteiger partial charge >= 0.3 is 6.09 Å². The number of nitrogens with one attached hydrogen (secondary N) is 3. The van der Waals surface area contributed by atoms with Crippen LogP contribution in [0.3, 0.4) is 0 Å². The average molecular weight is 521 g/mol. The van der Waals surface area contributed by atoms with Gasteiger partial charge in [0, 0.05) is 19.6 Å². The predicted molar refractivity (Wildman–Crippen MR) is 136 cm³/mol. The molecule has 0 aliphatic carbocycles. The molecule has 0 spiro atoms. The van der Waals surface area contributed by atoms with Crippen LogP contribution >= 0.6 is 0 Å². The number of alkyl carbamates (subject to hydrolysis) is 1. The Hall–Kier alpha value is -2.70. The highest BCUT2D eigenvalue weighted by Crippen LogP contribution is 2.21. The van der Waals surface area contributed by atoms with E-state index in [0.717, 1.165) is 12.1 Å². The highest BCUT2D eigenvalue weighted by molar-refractivity contribution is 7.89. The third-order valence-corrected chi connectivity index (χ3v) is 7.78. The molecule has 10 nitrogen and oxygen atoms in total. The van der Waals surface area contributed by atoms with E-state index in [0.29, 0.717) is 25.1 Å². The van der Waals surface area contributed by atoms with Crippen molar-refractivity contribution in [3.8, 4) is 0 Å². The van der Waals surface area contributed by atoms with E-state index in [9.17, 15) is 18.3 Å². The van der Waals surface area contributed by atoms with Crippen LogP contribution < -0.4 is 16.1 Å². The van der Waals surface area contributed by atoms with Crippen LogP contribution in [0.5, 0.6) is 0 Å². The highest BCUT2D eigenvalue weighted by Gasteiger charge is 2.32. The molecule has 1 aliphatic rings. The summed E-state index contributed by atoms with van der Waals surface area (Å²) >= 11 is 0. The van der Waals surface area contributed by atoms with Gasteiger partial charge in [-0.1, -0.05) is 44.2 Å². The van der Waals surface area contributed by atoms with Gasteiger partial charge in [-0.25, -0.2) is 13.2 Å². The number of carbonyl (C=O) groups is 1. The number of ether oxygens (including phenoxy) is 1. The molecule has 2 aromatic carbocycles. The Kier molecular flexibility index (Phi) is 10.1. The second-order valence-corrected chi connectivity index (χ2v) is 11.3. The van der Waals surface area contributed by atoms with Gasteiger partial charge in [0.2, 0.25) is 10.0 Å². The summed E-state index contributed by atoms with van der Waals surface area (Å²) in [6.07, 6.45) is -1.08. The Labute approximate surface area is 212 Å². The number of aliphatic hydroxyl groups excluding tert-OH is 1. The van der Waals surface area contributed by atoms with Crippen LogP contribution in [-0.2, 0) is 21.2 Å². The first-order valence-corrected chi connectivity index (χ1v) is 13.5. The van der Waals surface area contributed by atoms with Crippen LogP contribution in [0.25, 0.3) is 0 Å². The minimum Gasteiger partial charge on any atom is -0.445 e. The summed E-state index contributed by atoms with van der Waals surface area (Å²) in [6, 6.07) is 14.3. The Morgan fingerprint density at radius 1 is 1.14 bits per heavy atom. The van der Waals surface area contributed by atoms with Gasteiger partial charge in [-0.2, -0.15) is 4.31 Å². The van der Waals surface area contributed by atoms with Crippen LogP contribution in [0.4, 0.5) is 10.5 Å². The molecule has 1 heterocycles. The first kappa shape index (κ1) is 27.9. The van der Waals surface area contributed by atoms with Gasteiger partial charge in [0.1, 0.15) is 6.10 Å². The zero-order valence-electron chi connectivity index (χ0n) is 20.6. The fourth-order valence-corrected chi connectivity index (χ4v) is 5.70. The number of anilines is 1. The monoisotopic (exact) mass is 520 g/mol. The van der Waals surface area contributed by atoms with Crippen LogP contribution in [0.15, 0.2) is 59.5 Å². The topological polar surface area (TPSA) is 140 Å². The van der Waals surface area contributed by atoms with Gasteiger partial charge < -0.3 is 20.5 Å². The van der Waals surface area contributed by atoms with Gasteiger partial charge in [-0.05, 0) is 55.1 Å². The molecule has 36 heavy (non-hydrogen) atoms. The van der Waals surface area contributed by atoms with E-state index in [1.165, 1.54) is 28.6 Å². The van der Waals surface area contributed by atoms with Gasteiger partial charge in [0.25, 0.3) is 0 Å². The van der Waals surface area contributed by atoms with Crippen LogP contribution in [0.1, 0.15) is 25.8 Å². The molecule has 0 saturated carbocycles. The van der Waals surface area contributed by atoms with E-state index in [4.69, 9.17) is 9.94 Å². The molecule has 1 fully saturated rings. The molecule has 198 valence electrons. The molecule has 0 radical (unpaired) electrons. The Bertz CT molecular complexity index is 1060. The summed E-state index contributed by atoms with van der Waals surface area (Å²) in [5.74, 6) is -0.00859. The lowest BCUT2D eigenvalue weighted by Crippen LogP contribution is -2.51. The van der Waals surface area contributed by atoms with Gasteiger partial charge in [0.15, 0.2) is 0 Å². The van der Waals surface area contributed by atoms with Crippen molar-refractivity contribution in [2.75, 3.05) is 31.7 Å². The SMILES string of the molecule is CC(C)CN(C[C@@H](O)[C@H](Cc1ccccc1)NC(=O)O[C@@H]1CCNC1)S(=O)(=O)c1ccc(NO)cc1. The molecule has 0 unspecified atom stereocenters. The lowest BCUT2D eigenvalue weighted by atomic mass is 10.0. The van der Waals surface area contributed by atoms with Gasteiger partial charge in [0.05, 0.1) is 22.7 Å². The number of nitrogens with zero attached hydrogens (tertiary/aromatic N) is 1. The number of aliphatic hydroxyl groups is 1. The molecule has 1 saturated heterocycles. The number of hydrogen-bond acceptors (Lipinski definition) is 8. The smallest absolute Gasteiger partial charge is 0.407 e. The lowest BCUT2D eigenvalue weighted by Gasteiger charge is -2.30. The van der Waals surface area contributed by atoms with E-state index < -0.39 is 28.3 Å². The fraction of sp³-hybridized carbons (Fsp3) is 0.480. The van der Waals surface area contributed by atoms with Crippen molar-refractivity contribution in [3.63, 3.8) is 0 Å². The van der Waals surface area contributed by atoms with Gasteiger partial charge in [-0.15, -0.1) is 0 Å². The van der Waals surface area contributed by atoms with Crippen molar-refractivity contribution in [3.05, 3.63) is 60.2 Å². The average Bonchev–Trinajstić information content (AvgIpc) is 3.36. The van der Waals surface area contributed by atoms with Crippen molar-refractivity contribution >= 4 is 21.8 Å². The molecule has 3 atom stereocenters. The number of carbonyl (C=O) groups excluding carboxylic acids is 1. The van der Waals surface area contributed by atoms with Crippen molar-refractivity contribution < 1.29 is 28.3 Å².